The van der Waals surface area contributed by atoms with Gasteiger partial charge in [-0.1, -0.05) is 29.8 Å². The maximum atomic E-state index is 12.4. The molecule has 2 aromatic carbocycles. The molecule has 1 aliphatic rings. The number of ketones is 1. The Morgan fingerprint density at radius 1 is 1.19 bits per heavy atom. The Bertz CT molecular complexity index is 847. The number of hydrogen-bond acceptors (Lipinski definition) is 3. The minimum atomic E-state index is -0.177. The van der Waals surface area contributed by atoms with E-state index in [4.69, 9.17) is 4.74 Å². The molecular formula is C18H14O2S. The predicted molar refractivity (Wildman–Crippen MR) is 85.3 cm³/mol. The Balaban J connectivity index is 1.78. The summed E-state index contributed by atoms with van der Waals surface area (Å²) < 4.78 is 7.33. The van der Waals surface area contributed by atoms with Crippen molar-refractivity contribution in [2.24, 2.45) is 0 Å². The van der Waals surface area contributed by atoms with Gasteiger partial charge in [0.2, 0.25) is 0 Å². The summed E-state index contributed by atoms with van der Waals surface area (Å²) in [6.45, 7) is 1.99. The molecule has 1 aromatic heterocycles. The predicted octanol–water partition coefficient (Wildman–Crippen LogP) is 4.92. The van der Waals surface area contributed by atoms with Crippen molar-refractivity contribution in [3.8, 4) is 5.75 Å². The van der Waals surface area contributed by atoms with Crippen molar-refractivity contribution >= 4 is 27.2 Å². The summed E-state index contributed by atoms with van der Waals surface area (Å²) in [5.41, 5.74) is 2.92. The number of carbonyl (C=O) groups excluding carboxylic acids is 1. The molecule has 1 aliphatic heterocycles. The van der Waals surface area contributed by atoms with E-state index in [0.717, 1.165) is 11.1 Å². The van der Waals surface area contributed by atoms with Crippen molar-refractivity contribution in [2.45, 2.75) is 19.4 Å². The van der Waals surface area contributed by atoms with Crippen molar-refractivity contribution in [3.63, 3.8) is 0 Å². The Hall–Kier alpha value is -2.13. The van der Waals surface area contributed by atoms with Crippen LogP contribution in [-0.2, 0) is 0 Å². The minimum absolute atomic E-state index is 0.167. The summed E-state index contributed by atoms with van der Waals surface area (Å²) in [6.07, 6.45) is 0.237. The lowest BCUT2D eigenvalue weighted by Gasteiger charge is -2.25. The Morgan fingerprint density at radius 2 is 2.05 bits per heavy atom. The zero-order chi connectivity index (χ0) is 14.4. The van der Waals surface area contributed by atoms with Crippen LogP contribution in [-0.4, -0.2) is 5.78 Å². The zero-order valence-corrected chi connectivity index (χ0v) is 12.4. The van der Waals surface area contributed by atoms with Crippen LogP contribution >= 0.6 is 11.3 Å². The third-order valence-electron chi connectivity index (χ3n) is 3.93. The molecule has 0 saturated carbocycles. The highest BCUT2D eigenvalue weighted by atomic mass is 32.1. The van der Waals surface area contributed by atoms with Crippen molar-refractivity contribution in [2.75, 3.05) is 0 Å². The quantitative estimate of drug-likeness (QED) is 0.637. The highest BCUT2D eigenvalue weighted by molar-refractivity contribution is 7.17. The van der Waals surface area contributed by atoms with Crippen molar-refractivity contribution < 1.29 is 9.53 Å². The van der Waals surface area contributed by atoms with Crippen LogP contribution in [0.4, 0.5) is 0 Å². The summed E-state index contributed by atoms with van der Waals surface area (Å²) in [4.78, 5) is 12.4. The van der Waals surface area contributed by atoms with Gasteiger partial charge in [0.25, 0.3) is 0 Å². The van der Waals surface area contributed by atoms with Crippen molar-refractivity contribution in [3.05, 3.63) is 64.5 Å². The lowest BCUT2D eigenvalue weighted by molar-refractivity contribution is 0.0852. The van der Waals surface area contributed by atoms with E-state index in [1.807, 2.05) is 37.3 Å². The molecule has 0 radical (unpaired) electrons. The maximum absolute atomic E-state index is 12.4. The first-order chi connectivity index (χ1) is 10.2. The number of hydrogen-bond donors (Lipinski definition) is 0. The highest BCUT2D eigenvalue weighted by Gasteiger charge is 2.29. The van der Waals surface area contributed by atoms with E-state index >= 15 is 0 Å². The number of ether oxygens (including phenoxy) is 1. The largest absolute Gasteiger partial charge is 0.484 e. The molecule has 0 aliphatic carbocycles. The van der Waals surface area contributed by atoms with Crippen LogP contribution in [0.25, 0.3) is 10.1 Å². The van der Waals surface area contributed by atoms with Crippen LogP contribution in [0.5, 0.6) is 5.75 Å². The van der Waals surface area contributed by atoms with E-state index in [1.165, 1.54) is 10.1 Å². The summed E-state index contributed by atoms with van der Waals surface area (Å²) >= 11 is 1.70. The smallest absolute Gasteiger partial charge is 0.170 e. The Labute approximate surface area is 127 Å². The minimum Gasteiger partial charge on any atom is -0.484 e. The van der Waals surface area contributed by atoms with Crippen molar-refractivity contribution in [1.29, 1.82) is 0 Å². The molecule has 21 heavy (non-hydrogen) atoms. The Kier molecular flexibility index (Phi) is 2.82. The molecular weight excluding hydrogens is 280 g/mol. The van der Waals surface area contributed by atoms with E-state index in [9.17, 15) is 4.79 Å². The van der Waals surface area contributed by atoms with Gasteiger partial charge in [-0.05, 0) is 35.9 Å². The molecule has 3 aromatic rings. The van der Waals surface area contributed by atoms with Crippen LogP contribution in [0.15, 0.2) is 47.8 Å². The molecule has 1 unspecified atom stereocenters. The lowest BCUT2D eigenvalue weighted by Crippen LogP contribution is -2.20. The number of thiophene rings is 1. The van der Waals surface area contributed by atoms with Crippen LogP contribution in [0.3, 0.4) is 0 Å². The fourth-order valence-electron chi connectivity index (χ4n) is 2.86. The first-order valence-corrected chi connectivity index (χ1v) is 7.87. The summed E-state index contributed by atoms with van der Waals surface area (Å²) in [5.74, 6) is 0.873. The van der Waals surface area contributed by atoms with Crippen molar-refractivity contribution in [1.82, 2.24) is 0 Å². The number of benzene rings is 2. The van der Waals surface area contributed by atoms with Gasteiger partial charge >= 0.3 is 0 Å². The molecule has 4 rings (SSSR count). The van der Waals surface area contributed by atoms with Crippen LogP contribution < -0.4 is 4.74 Å². The molecule has 0 N–H and O–H groups in total. The summed E-state index contributed by atoms with van der Waals surface area (Å²) in [5, 5.41) is 3.30. The highest BCUT2D eigenvalue weighted by Crippen LogP contribution is 2.39. The molecule has 1 atom stereocenters. The van der Waals surface area contributed by atoms with Gasteiger partial charge in [-0.2, -0.15) is 0 Å². The number of carbonyl (C=O) groups is 1. The molecule has 2 heterocycles. The number of aryl methyl sites for hydroxylation is 1. The third-order valence-corrected chi connectivity index (χ3v) is 4.92. The molecule has 104 valence electrons. The van der Waals surface area contributed by atoms with E-state index in [1.54, 1.807) is 11.3 Å². The number of rotatable bonds is 1. The molecule has 0 bridgehead atoms. The van der Waals surface area contributed by atoms with Gasteiger partial charge in [0, 0.05) is 10.3 Å². The van der Waals surface area contributed by atoms with E-state index in [0.29, 0.717) is 17.7 Å². The lowest BCUT2D eigenvalue weighted by atomic mass is 9.95. The van der Waals surface area contributed by atoms with E-state index < -0.39 is 0 Å². The average molecular weight is 294 g/mol. The van der Waals surface area contributed by atoms with Gasteiger partial charge in [0.05, 0.1) is 12.0 Å². The fraction of sp³-hybridized carbons (Fsp3) is 0.167. The van der Waals surface area contributed by atoms with Gasteiger partial charge < -0.3 is 4.74 Å². The molecule has 2 nitrogen and oxygen atoms in total. The zero-order valence-electron chi connectivity index (χ0n) is 11.6. The molecule has 0 amide bonds. The van der Waals surface area contributed by atoms with Crippen LogP contribution in [0.1, 0.15) is 34.0 Å². The first-order valence-electron chi connectivity index (χ1n) is 6.99. The topological polar surface area (TPSA) is 26.3 Å². The van der Waals surface area contributed by atoms with Gasteiger partial charge in [-0.3, -0.25) is 4.79 Å². The molecule has 0 spiro atoms. The second-order valence-electron chi connectivity index (χ2n) is 5.42. The van der Waals surface area contributed by atoms with Gasteiger partial charge in [-0.15, -0.1) is 11.3 Å². The summed E-state index contributed by atoms with van der Waals surface area (Å²) in [6, 6.07) is 14.1. The number of fused-ring (bicyclic) bond motifs is 2. The first kappa shape index (κ1) is 12.6. The molecule has 0 fully saturated rings. The maximum Gasteiger partial charge on any atom is 0.170 e. The second-order valence-corrected chi connectivity index (χ2v) is 6.33. The SMILES string of the molecule is Cc1ccc2c(c1)C(=O)CC(c1csc3ccccc13)O2. The van der Waals surface area contributed by atoms with Gasteiger partial charge in [0.15, 0.2) is 5.78 Å². The monoisotopic (exact) mass is 294 g/mol. The Morgan fingerprint density at radius 3 is 2.95 bits per heavy atom. The van der Waals surface area contributed by atoms with Crippen LogP contribution in [0, 0.1) is 6.92 Å². The van der Waals surface area contributed by atoms with Crippen LogP contribution in [0.2, 0.25) is 0 Å². The molecule has 3 heteroatoms. The second kappa shape index (κ2) is 4.71. The third kappa shape index (κ3) is 2.05. The number of Topliss-reactive ketones (excluding diaryl/α,β-unsaturated/α-hetero) is 1. The fourth-order valence-corrected chi connectivity index (χ4v) is 3.86. The average Bonchev–Trinajstić information content (AvgIpc) is 2.92. The van der Waals surface area contributed by atoms with E-state index in [2.05, 4.69) is 17.5 Å². The van der Waals surface area contributed by atoms with Gasteiger partial charge in [0.1, 0.15) is 11.9 Å². The van der Waals surface area contributed by atoms with Gasteiger partial charge in [-0.25, -0.2) is 0 Å². The molecule has 0 saturated heterocycles. The normalized spacial score (nSPS) is 17.6. The summed E-state index contributed by atoms with van der Waals surface area (Å²) in [7, 11) is 0. The standard InChI is InChI=1S/C18H14O2S/c1-11-6-7-16-13(8-11)15(19)9-17(20-16)14-10-21-18-5-3-2-4-12(14)18/h2-8,10,17H,9H2,1H3. The van der Waals surface area contributed by atoms with E-state index in [-0.39, 0.29) is 11.9 Å².